The Balaban J connectivity index is 1.83. The summed E-state index contributed by atoms with van der Waals surface area (Å²) in [5.41, 5.74) is 2.10. The van der Waals surface area contributed by atoms with Crippen LogP contribution in [0.25, 0.3) is 0 Å². The van der Waals surface area contributed by atoms with Gasteiger partial charge in [-0.1, -0.05) is 32.9 Å². The molecule has 0 bridgehead atoms. The van der Waals surface area contributed by atoms with Crippen molar-refractivity contribution in [1.29, 1.82) is 0 Å². The maximum Gasteiger partial charge on any atom is 0.251 e. The first-order valence-corrected chi connectivity index (χ1v) is 8.28. The highest BCUT2D eigenvalue weighted by molar-refractivity contribution is 6.05. The molecule has 0 saturated carbocycles. The van der Waals surface area contributed by atoms with E-state index in [9.17, 15) is 9.59 Å². The van der Waals surface area contributed by atoms with Crippen LogP contribution in [-0.4, -0.2) is 27.3 Å². The standard InChI is InChI=1S/C19H23N3O2/c1-19(2,3)17(11-22-10-9-20-12-22)21-18(24)15-6-4-5-14-13(15)7-8-16(14)23/h4-6,9-10,12,17H,7-8,11H2,1-3H3,(H,21,24)/t17-/m1/s1. The van der Waals surface area contributed by atoms with Gasteiger partial charge in [-0.05, 0) is 23.5 Å². The van der Waals surface area contributed by atoms with E-state index in [4.69, 9.17) is 0 Å². The van der Waals surface area contributed by atoms with Crippen LogP contribution in [0.3, 0.4) is 0 Å². The monoisotopic (exact) mass is 325 g/mol. The molecule has 1 N–H and O–H groups in total. The normalized spacial score (nSPS) is 15.2. The lowest BCUT2D eigenvalue weighted by atomic mass is 9.86. The van der Waals surface area contributed by atoms with Crippen LogP contribution in [0.5, 0.6) is 0 Å². The summed E-state index contributed by atoms with van der Waals surface area (Å²) in [6.07, 6.45) is 6.53. The van der Waals surface area contributed by atoms with E-state index in [-0.39, 0.29) is 23.1 Å². The predicted octanol–water partition coefficient (Wildman–Crippen LogP) is 2.86. The Bertz CT molecular complexity index is 757. The van der Waals surface area contributed by atoms with Gasteiger partial charge in [-0.2, -0.15) is 0 Å². The minimum atomic E-state index is -0.110. The van der Waals surface area contributed by atoms with E-state index in [2.05, 4.69) is 31.1 Å². The minimum absolute atomic E-state index is 0.0489. The van der Waals surface area contributed by atoms with Crippen LogP contribution in [0.1, 0.15) is 53.5 Å². The molecule has 0 fully saturated rings. The van der Waals surface area contributed by atoms with Crippen molar-refractivity contribution in [1.82, 2.24) is 14.9 Å². The van der Waals surface area contributed by atoms with Gasteiger partial charge in [0, 0.05) is 36.5 Å². The van der Waals surface area contributed by atoms with Crippen LogP contribution in [0.15, 0.2) is 36.9 Å². The molecule has 1 aromatic heterocycles. The van der Waals surface area contributed by atoms with E-state index in [1.165, 1.54) is 0 Å². The second-order valence-electron chi connectivity index (χ2n) is 7.41. The lowest BCUT2D eigenvalue weighted by molar-refractivity contribution is 0.0891. The molecule has 0 saturated heterocycles. The van der Waals surface area contributed by atoms with Crippen LogP contribution >= 0.6 is 0 Å². The number of fused-ring (bicyclic) bond motifs is 1. The third-order valence-corrected chi connectivity index (χ3v) is 4.63. The molecule has 1 aliphatic rings. The highest BCUT2D eigenvalue weighted by Gasteiger charge is 2.29. The second-order valence-corrected chi connectivity index (χ2v) is 7.41. The van der Waals surface area contributed by atoms with E-state index >= 15 is 0 Å². The molecular weight excluding hydrogens is 302 g/mol. The fourth-order valence-corrected chi connectivity index (χ4v) is 3.08. The molecule has 0 radical (unpaired) electrons. The zero-order chi connectivity index (χ0) is 17.3. The minimum Gasteiger partial charge on any atom is -0.347 e. The largest absolute Gasteiger partial charge is 0.347 e. The third-order valence-electron chi connectivity index (χ3n) is 4.63. The molecule has 5 nitrogen and oxygen atoms in total. The smallest absolute Gasteiger partial charge is 0.251 e. The molecule has 24 heavy (non-hydrogen) atoms. The van der Waals surface area contributed by atoms with Crippen molar-refractivity contribution >= 4 is 11.7 Å². The number of hydrogen-bond donors (Lipinski definition) is 1. The highest BCUT2D eigenvalue weighted by atomic mass is 16.2. The Kier molecular flexibility index (Phi) is 4.26. The number of ketones is 1. The molecule has 2 aromatic rings. The zero-order valence-corrected chi connectivity index (χ0v) is 14.4. The summed E-state index contributed by atoms with van der Waals surface area (Å²) >= 11 is 0. The zero-order valence-electron chi connectivity index (χ0n) is 14.4. The first kappa shape index (κ1) is 16.4. The summed E-state index contributed by atoms with van der Waals surface area (Å²) in [5, 5.41) is 3.16. The lowest BCUT2D eigenvalue weighted by Gasteiger charge is -2.32. The van der Waals surface area contributed by atoms with Crippen LogP contribution < -0.4 is 5.32 Å². The number of hydrogen-bond acceptors (Lipinski definition) is 3. The number of Topliss-reactive ketones (excluding diaryl/α,β-unsaturated/α-hetero) is 1. The van der Waals surface area contributed by atoms with Gasteiger partial charge in [0.2, 0.25) is 0 Å². The Hall–Kier alpha value is -2.43. The summed E-state index contributed by atoms with van der Waals surface area (Å²) in [5.74, 6) is 0.0204. The number of imidazole rings is 1. The van der Waals surface area contributed by atoms with E-state index in [0.29, 0.717) is 30.5 Å². The molecule has 1 amide bonds. The molecule has 1 atom stereocenters. The van der Waals surface area contributed by atoms with Gasteiger partial charge in [-0.15, -0.1) is 0 Å². The molecule has 5 heteroatoms. The van der Waals surface area contributed by atoms with E-state index < -0.39 is 0 Å². The van der Waals surface area contributed by atoms with Gasteiger partial charge in [0.25, 0.3) is 5.91 Å². The molecule has 0 aliphatic heterocycles. The molecule has 1 aromatic carbocycles. The summed E-state index contributed by atoms with van der Waals surface area (Å²) < 4.78 is 1.97. The van der Waals surface area contributed by atoms with Crippen LogP contribution in [0.2, 0.25) is 0 Å². The number of nitrogens with one attached hydrogen (secondary N) is 1. The topological polar surface area (TPSA) is 64.0 Å². The Labute approximate surface area is 142 Å². The van der Waals surface area contributed by atoms with Crippen molar-refractivity contribution in [3.8, 4) is 0 Å². The Morgan fingerprint density at radius 2 is 2.12 bits per heavy atom. The predicted molar refractivity (Wildman–Crippen MR) is 92.0 cm³/mol. The second kappa shape index (κ2) is 6.23. The lowest BCUT2D eigenvalue weighted by Crippen LogP contribution is -2.46. The van der Waals surface area contributed by atoms with Gasteiger partial charge in [-0.3, -0.25) is 9.59 Å². The molecule has 1 heterocycles. The average Bonchev–Trinajstić information content (AvgIpc) is 3.16. The van der Waals surface area contributed by atoms with Crippen molar-refractivity contribution in [3.05, 3.63) is 53.6 Å². The van der Waals surface area contributed by atoms with Crippen molar-refractivity contribution in [2.45, 2.75) is 46.2 Å². The summed E-state index contributed by atoms with van der Waals surface area (Å²) in [6, 6.07) is 5.36. The highest BCUT2D eigenvalue weighted by Crippen LogP contribution is 2.26. The van der Waals surface area contributed by atoms with Crippen LogP contribution in [0, 0.1) is 5.41 Å². The number of aromatic nitrogens is 2. The van der Waals surface area contributed by atoms with Gasteiger partial charge >= 0.3 is 0 Å². The van der Waals surface area contributed by atoms with Gasteiger partial charge in [-0.25, -0.2) is 4.98 Å². The van der Waals surface area contributed by atoms with Gasteiger partial charge in [0.15, 0.2) is 5.78 Å². The Morgan fingerprint density at radius 3 is 2.79 bits per heavy atom. The number of amides is 1. The quantitative estimate of drug-likeness (QED) is 0.940. The summed E-state index contributed by atoms with van der Waals surface area (Å²) in [6.45, 7) is 6.97. The average molecular weight is 325 g/mol. The van der Waals surface area contributed by atoms with Crippen LogP contribution in [-0.2, 0) is 13.0 Å². The van der Waals surface area contributed by atoms with E-state index in [1.807, 2.05) is 22.9 Å². The molecule has 126 valence electrons. The van der Waals surface area contributed by atoms with Gasteiger partial charge in [0.1, 0.15) is 0 Å². The number of carbonyl (C=O) groups is 2. The molecule has 0 unspecified atom stereocenters. The van der Waals surface area contributed by atoms with Gasteiger partial charge in [0.05, 0.1) is 12.4 Å². The number of carbonyl (C=O) groups excluding carboxylic acids is 2. The molecule has 0 spiro atoms. The first-order chi connectivity index (χ1) is 11.4. The van der Waals surface area contributed by atoms with Crippen molar-refractivity contribution < 1.29 is 9.59 Å². The van der Waals surface area contributed by atoms with Gasteiger partial charge < -0.3 is 9.88 Å². The number of nitrogens with zero attached hydrogens (tertiary/aromatic N) is 2. The maximum atomic E-state index is 12.8. The number of rotatable bonds is 4. The fraction of sp³-hybridized carbons (Fsp3) is 0.421. The molecular formula is C19H23N3O2. The molecule has 3 rings (SSSR count). The number of benzene rings is 1. The summed E-state index contributed by atoms with van der Waals surface area (Å²) in [4.78, 5) is 28.8. The van der Waals surface area contributed by atoms with Crippen molar-refractivity contribution in [2.24, 2.45) is 5.41 Å². The van der Waals surface area contributed by atoms with Crippen molar-refractivity contribution in [2.75, 3.05) is 0 Å². The van der Waals surface area contributed by atoms with E-state index in [0.717, 1.165) is 5.56 Å². The van der Waals surface area contributed by atoms with Crippen LogP contribution in [0.4, 0.5) is 0 Å². The van der Waals surface area contributed by atoms with E-state index in [1.54, 1.807) is 18.6 Å². The third kappa shape index (κ3) is 3.25. The maximum absolute atomic E-state index is 12.8. The summed E-state index contributed by atoms with van der Waals surface area (Å²) in [7, 11) is 0. The SMILES string of the molecule is CC(C)(C)[C@@H](Cn1ccnc1)NC(=O)c1cccc2c1CCC2=O. The molecule has 1 aliphatic carbocycles. The first-order valence-electron chi connectivity index (χ1n) is 8.28. The van der Waals surface area contributed by atoms with Crippen molar-refractivity contribution in [3.63, 3.8) is 0 Å². The fourth-order valence-electron chi connectivity index (χ4n) is 3.08. The Morgan fingerprint density at radius 1 is 1.33 bits per heavy atom.